The summed E-state index contributed by atoms with van der Waals surface area (Å²) in [5.74, 6) is 0. The van der Waals surface area contributed by atoms with Crippen molar-refractivity contribution in [2.75, 3.05) is 0 Å². The van der Waals surface area contributed by atoms with E-state index in [1.54, 1.807) is 0 Å². The summed E-state index contributed by atoms with van der Waals surface area (Å²) in [7, 11) is -1.61. The van der Waals surface area contributed by atoms with Gasteiger partial charge in [-0.2, -0.15) is 0 Å². The van der Waals surface area contributed by atoms with Crippen LogP contribution in [0.25, 0.3) is 0 Å². The molecule has 0 aromatic heterocycles. The fourth-order valence-corrected chi connectivity index (χ4v) is 10.6. The Hall–Kier alpha value is 0.394. The zero-order chi connectivity index (χ0) is 12.2. The van der Waals surface area contributed by atoms with Crippen molar-refractivity contribution in [1.82, 2.24) is 0 Å². The van der Waals surface area contributed by atoms with Gasteiger partial charge in [-0.25, -0.2) is 0 Å². The van der Waals surface area contributed by atoms with Gasteiger partial charge in [0.05, 0.1) is 0 Å². The van der Waals surface area contributed by atoms with Crippen molar-refractivity contribution in [3.05, 3.63) is 0 Å². The van der Waals surface area contributed by atoms with Crippen molar-refractivity contribution in [3.63, 3.8) is 0 Å². The molecule has 1 nitrogen and oxygen atoms in total. The average molecular weight is 246 g/mol. The third kappa shape index (κ3) is 5.32. The van der Waals surface area contributed by atoms with Gasteiger partial charge in [0.1, 0.15) is 0 Å². The SMILES string of the molecule is CC(C)[Si](O[SiH](C(C)C)C(C)C)C(C)C. The first-order valence-corrected chi connectivity index (χ1v) is 9.67. The lowest BCUT2D eigenvalue weighted by Gasteiger charge is -2.32. The Bertz CT molecular complexity index is 133. The minimum absolute atomic E-state index is 0.605. The number of rotatable bonds is 6. The highest BCUT2D eigenvalue weighted by atomic mass is 28.4. The number of hydrogen-bond donors (Lipinski definition) is 0. The van der Waals surface area contributed by atoms with Gasteiger partial charge in [0, 0.05) is 0 Å². The molecule has 0 saturated carbocycles. The minimum Gasteiger partial charge on any atom is -0.457 e. The Morgan fingerprint density at radius 1 is 0.733 bits per heavy atom. The largest absolute Gasteiger partial charge is 0.457 e. The van der Waals surface area contributed by atoms with E-state index >= 15 is 0 Å². The molecule has 0 N–H and O–H groups in total. The topological polar surface area (TPSA) is 9.23 Å². The smallest absolute Gasteiger partial charge is 0.203 e. The predicted octanol–water partition coefficient (Wildman–Crippen LogP) is 4.36. The third-order valence-electron chi connectivity index (χ3n) is 2.72. The van der Waals surface area contributed by atoms with E-state index in [4.69, 9.17) is 4.12 Å². The lowest BCUT2D eigenvalue weighted by Crippen LogP contribution is -2.37. The maximum Gasteiger partial charge on any atom is 0.203 e. The summed E-state index contributed by atoms with van der Waals surface area (Å²) >= 11 is 0. The van der Waals surface area contributed by atoms with Crippen LogP contribution in [-0.2, 0) is 4.12 Å². The highest BCUT2D eigenvalue weighted by Crippen LogP contribution is 2.28. The Labute approximate surface area is 100 Å². The first kappa shape index (κ1) is 15.4. The minimum atomic E-state index is -1.01. The van der Waals surface area contributed by atoms with Crippen molar-refractivity contribution in [2.24, 2.45) is 0 Å². The van der Waals surface area contributed by atoms with Gasteiger partial charge >= 0.3 is 0 Å². The molecule has 0 aromatic carbocycles. The molecule has 0 aliphatic carbocycles. The molecule has 0 rings (SSSR count). The van der Waals surface area contributed by atoms with Crippen molar-refractivity contribution in [3.8, 4) is 0 Å². The van der Waals surface area contributed by atoms with Gasteiger partial charge in [0.15, 0.2) is 9.04 Å². The Morgan fingerprint density at radius 3 is 1.27 bits per heavy atom. The summed E-state index contributed by atoms with van der Waals surface area (Å²) in [6.07, 6.45) is 0. The molecule has 0 spiro atoms. The molecule has 0 saturated heterocycles. The van der Waals surface area contributed by atoms with E-state index in [2.05, 4.69) is 55.4 Å². The first-order valence-electron chi connectivity index (χ1n) is 6.30. The standard InChI is InChI=1S/C12H29OSi2/c1-9(2)14(10(3)4)13-15(11(5)6)12(7)8/h9-12,14H,1-8H3. The summed E-state index contributed by atoms with van der Waals surface area (Å²) in [5.41, 5.74) is 3.01. The second-order valence-corrected chi connectivity index (χ2v) is 13.4. The molecule has 0 heterocycles. The van der Waals surface area contributed by atoms with Crippen LogP contribution in [0.2, 0.25) is 22.2 Å². The molecule has 0 aromatic rings. The molecule has 0 unspecified atom stereocenters. The quantitative estimate of drug-likeness (QED) is 0.632. The summed E-state index contributed by atoms with van der Waals surface area (Å²) in [6.45, 7) is 18.6. The summed E-state index contributed by atoms with van der Waals surface area (Å²) < 4.78 is 6.54. The molecule has 3 heteroatoms. The molecule has 0 fully saturated rings. The highest BCUT2D eigenvalue weighted by molar-refractivity contribution is 6.69. The van der Waals surface area contributed by atoms with Gasteiger partial charge < -0.3 is 4.12 Å². The highest BCUT2D eigenvalue weighted by Gasteiger charge is 2.29. The molecule has 91 valence electrons. The maximum atomic E-state index is 6.54. The van der Waals surface area contributed by atoms with Gasteiger partial charge in [0.2, 0.25) is 9.04 Å². The van der Waals surface area contributed by atoms with Crippen LogP contribution in [0.1, 0.15) is 55.4 Å². The fraction of sp³-hybridized carbons (Fsp3) is 1.00. The number of hydrogen-bond acceptors (Lipinski definition) is 1. The van der Waals surface area contributed by atoms with Gasteiger partial charge in [0.25, 0.3) is 0 Å². The van der Waals surface area contributed by atoms with E-state index < -0.39 is 18.1 Å². The molecular formula is C12H29OSi2. The zero-order valence-electron chi connectivity index (χ0n) is 11.8. The lowest BCUT2D eigenvalue weighted by atomic mass is 10.5. The van der Waals surface area contributed by atoms with Crippen molar-refractivity contribution >= 4 is 18.1 Å². The zero-order valence-corrected chi connectivity index (χ0v) is 13.9. The van der Waals surface area contributed by atoms with Crippen molar-refractivity contribution < 1.29 is 4.12 Å². The Morgan fingerprint density at radius 2 is 1.07 bits per heavy atom. The Balaban J connectivity index is 4.48. The van der Waals surface area contributed by atoms with Crippen LogP contribution in [0, 0.1) is 0 Å². The second kappa shape index (κ2) is 6.87. The van der Waals surface area contributed by atoms with E-state index in [9.17, 15) is 0 Å². The maximum absolute atomic E-state index is 6.54. The monoisotopic (exact) mass is 245 g/mol. The molecule has 0 atom stereocenters. The molecule has 0 aliphatic rings. The summed E-state index contributed by atoms with van der Waals surface area (Å²) in [4.78, 5) is 0. The van der Waals surface area contributed by atoms with E-state index in [1.165, 1.54) is 0 Å². The van der Waals surface area contributed by atoms with Gasteiger partial charge in [-0.1, -0.05) is 55.4 Å². The third-order valence-corrected chi connectivity index (χ3v) is 9.81. The van der Waals surface area contributed by atoms with Gasteiger partial charge in [-0.05, 0) is 22.2 Å². The molecule has 1 radical (unpaired) electrons. The molecular weight excluding hydrogens is 216 g/mol. The Kier molecular flexibility index (Phi) is 7.05. The first-order chi connectivity index (χ1) is 6.77. The van der Waals surface area contributed by atoms with Gasteiger partial charge in [-0.3, -0.25) is 0 Å². The van der Waals surface area contributed by atoms with Crippen LogP contribution in [-0.4, -0.2) is 18.1 Å². The lowest BCUT2D eigenvalue weighted by molar-refractivity contribution is 0.518. The van der Waals surface area contributed by atoms with Crippen molar-refractivity contribution in [2.45, 2.75) is 77.6 Å². The van der Waals surface area contributed by atoms with E-state index in [0.29, 0.717) is 0 Å². The molecule has 0 bridgehead atoms. The van der Waals surface area contributed by atoms with Crippen LogP contribution in [0.5, 0.6) is 0 Å². The predicted molar refractivity (Wildman–Crippen MR) is 74.4 cm³/mol. The van der Waals surface area contributed by atoms with Crippen LogP contribution in [0.15, 0.2) is 0 Å². The van der Waals surface area contributed by atoms with Crippen molar-refractivity contribution in [1.29, 1.82) is 0 Å². The normalized spacial score (nSPS) is 13.2. The van der Waals surface area contributed by atoms with E-state index in [1.807, 2.05) is 0 Å². The summed E-state index contributed by atoms with van der Waals surface area (Å²) in [6, 6.07) is 0. The fourth-order valence-electron chi connectivity index (χ4n) is 2.14. The van der Waals surface area contributed by atoms with Gasteiger partial charge in [-0.15, -0.1) is 0 Å². The molecule has 0 aliphatic heterocycles. The van der Waals surface area contributed by atoms with Crippen LogP contribution < -0.4 is 0 Å². The van der Waals surface area contributed by atoms with E-state index in [0.717, 1.165) is 22.2 Å². The van der Waals surface area contributed by atoms with Crippen LogP contribution in [0.4, 0.5) is 0 Å². The molecule has 15 heavy (non-hydrogen) atoms. The average Bonchev–Trinajstić information content (AvgIpc) is 2.01. The summed E-state index contributed by atoms with van der Waals surface area (Å²) in [5, 5.41) is 0. The molecule has 0 amide bonds. The van der Waals surface area contributed by atoms with E-state index in [-0.39, 0.29) is 0 Å². The second-order valence-electron chi connectivity index (χ2n) is 5.78. The van der Waals surface area contributed by atoms with Crippen LogP contribution in [0.3, 0.4) is 0 Å². The van der Waals surface area contributed by atoms with Crippen LogP contribution >= 0.6 is 0 Å².